The number of benzene rings is 1. The molecule has 1 heterocycles. The molecule has 0 N–H and O–H groups in total. The predicted octanol–water partition coefficient (Wildman–Crippen LogP) is 4.66. The van der Waals surface area contributed by atoms with Crippen molar-refractivity contribution in [2.24, 2.45) is 0 Å². The number of halogens is 1. The van der Waals surface area contributed by atoms with Gasteiger partial charge < -0.3 is 4.74 Å². The van der Waals surface area contributed by atoms with Gasteiger partial charge in [0.25, 0.3) is 0 Å². The molecule has 1 aromatic rings. The van der Waals surface area contributed by atoms with Crippen molar-refractivity contribution in [2.75, 3.05) is 4.43 Å². The highest BCUT2D eigenvalue weighted by molar-refractivity contribution is 14.1. The van der Waals surface area contributed by atoms with Gasteiger partial charge in [0, 0.05) is 4.43 Å². The van der Waals surface area contributed by atoms with Gasteiger partial charge in [0.05, 0.1) is 21.9 Å². The van der Waals surface area contributed by atoms with Crippen LogP contribution in [0.3, 0.4) is 0 Å². The van der Waals surface area contributed by atoms with E-state index in [2.05, 4.69) is 43.4 Å². The summed E-state index contributed by atoms with van der Waals surface area (Å²) in [5, 5.41) is 0. The number of alkyl halides is 1. The molecule has 134 valence electrons. The first kappa shape index (κ1) is 18.6. The molecule has 2 fully saturated rings. The van der Waals surface area contributed by atoms with Crippen LogP contribution in [-0.4, -0.2) is 29.8 Å². The van der Waals surface area contributed by atoms with Gasteiger partial charge in [0.1, 0.15) is 0 Å². The van der Waals surface area contributed by atoms with Crippen molar-refractivity contribution < 1.29 is 13.2 Å². The quantitative estimate of drug-likeness (QED) is 0.485. The maximum Gasteiger partial charge on any atom is 0.184 e. The Labute approximate surface area is 159 Å². The van der Waals surface area contributed by atoms with Crippen molar-refractivity contribution in [1.82, 2.24) is 0 Å². The second kappa shape index (κ2) is 6.54. The van der Waals surface area contributed by atoms with Crippen molar-refractivity contribution in [3.8, 4) is 0 Å². The van der Waals surface area contributed by atoms with Gasteiger partial charge in [-0.3, -0.25) is 0 Å². The lowest BCUT2D eigenvalue weighted by molar-refractivity contribution is -0.0715. The van der Waals surface area contributed by atoms with Crippen molar-refractivity contribution >= 4 is 32.4 Å². The molecule has 24 heavy (non-hydrogen) atoms. The molecule has 0 radical (unpaired) electrons. The monoisotopic (exact) mass is 462 g/mol. The fourth-order valence-electron chi connectivity index (χ4n) is 4.14. The smallest absolute Gasteiger partial charge is 0.184 e. The average molecular weight is 462 g/mol. The van der Waals surface area contributed by atoms with Crippen LogP contribution >= 0.6 is 22.6 Å². The van der Waals surface area contributed by atoms with Crippen LogP contribution in [0.2, 0.25) is 0 Å². The zero-order valence-corrected chi connectivity index (χ0v) is 17.7. The molecule has 0 amide bonds. The van der Waals surface area contributed by atoms with Gasteiger partial charge in [-0.1, -0.05) is 55.5 Å². The van der Waals surface area contributed by atoms with Crippen LogP contribution in [0.1, 0.15) is 58.4 Å². The summed E-state index contributed by atoms with van der Waals surface area (Å²) in [5.74, 6) is 0. The molecular formula is C19H27IO3S. The SMILES string of the molecule is CC(C)(C)c1ccc(S(=O)(=O)[C@@]23CCC[C@@H](C2)OC(CI)C3)cc1. The summed E-state index contributed by atoms with van der Waals surface area (Å²) in [4.78, 5) is 0.477. The molecule has 5 heteroatoms. The second-order valence-electron chi connectivity index (χ2n) is 8.30. The number of rotatable bonds is 3. The maximum absolute atomic E-state index is 13.5. The van der Waals surface area contributed by atoms with Crippen LogP contribution in [0.5, 0.6) is 0 Å². The van der Waals surface area contributed by atoms with E-state index in [1.54, 1.807) is 0 Å². The lowest BCUT2D eigenvalue weighted by atomic mass is 9.80. The van der Waals surface area contributed by atoms with Crippen LogP contribution in [0.25, 0.3) is 0 Å². The van der Waals surface area contributed by atoms with Crippen LogP contribution in [0, 0.1) is 0 Å². The molecule has 3 rings (SSSR count). The van der Waals surface area contributed by atoms with E-state index in [4.69, 9.17) is 4.74 Å². The van der Waals surface area contributed by atoms with Gasteiger partial charge in [-0.25, -0.2) is 8.42 Å². The minimum absolute atomic E-state index is 0.0293. The molecule has 1 aromatic carbocycles. The number of fused-ring (bicyclic) bond motifs is 2. The van der Waals surface area contributed by atoms with E-state index >= 15 is 0 Å². The van der Waals surface area contributed by atoms with Gasteiger partial charge in [0.15, 0.2) is 9.84 Å². The summed E-state index contributed by atoms with van der Waals surface area (Å²) in [6, 6.07) is 7.56. The van der Waals surface area contributed by atoms with Crippen LogP contribution in [0.4, 0.5) is 0 Å². The van der Waals surface area contributed by atoms with E-state index in [1.165, 1.54) is 0 Å². The highest BCUT2D eigenvalue weighted by atomic mass is 127. The lowest BCUT2D eigenvalue weighted by Crippen LogP contribution is -2.53. The largest absolute Gasteiger partial charge is 0.374 e. The Kier molecular flexibility index (Phi) is 5.08. The van der Waals surface area contributed by atoms with Crippen molar-refractivity contribution in [3.05, 3.63) is 29.8 Å². The summed E-state index contributed by atoms with van der Waals surface area (Å²) in [5.41, 5.74) is 1.19. The fraction of sp³-hybridized carbons (Fsp3) is 0.684. The summed E-state index contributed by atoms with van der Waals surface area (Å²) in [6.07, 6.45) is 4.16. The second-order valence-corrected chi connectivity index (χ2v) is 11.5. The first-order valence-corrected chi connectivity index (χ1v) is 11.8. The van der Waals surface area contributed by atoms with Crippen LogP contribution in [-0.2, 0) is 20.0 Å². The number of sulfone groups is 1. The predicted molar refractivity (Wildman–Crippen MR) is 106 cm³/mol. The molecule has 0 spiro atoms. The lowest BCUT2D eigenvalue weighted by Gasteiger charge is -2.47. The van der Waals surface area contributed by atoms with Crippen LogP contribution < -0.4 is 0 Å². The van der Waals surface area contributed by atoms with E-state index in [0.29, 0.717) is 17.7 Å². The summed E-state index contributed by atoms with van der Waals surface area (Å²) < 4.78 is 33.2. The maximum atomic E-state index is 13.5. The Hall–Kier alpha value is -0.140. The zero-order chi connectivity index (χ0) is 17.6. The molecule has 1 aliphatic carbocycles. The fourth-order valence-corrected chi connectivity index (χ4v) is 6.87. The molecule has 1 unspecified atom stereocenters. The van der Waals surface area contributed by atoms with Gasteiger partial charge >= 0.3 is 0 Å². The highest BCUT2D eigenvalue weighted by Crippen LogP contribution is 2.47. The van der Waals surface area contributed by atoms with Gasteiger partial charge in [-0.05, 0) is 55.2 Å². The molecule has 1 saturated heterocycles. The molecule has 0 aromatic heterocycles. The van der Waals surface area contributed by atoms with Crippen molar-refractivity contribution in [3.63, 3.8) is 0 Å². The average Bonchev–Trinajstić information content (AvgIpc) is 2.53. The Morgan fingerprint density at radius 1 is 1.21 bits per heavy atom. The zero-order valence-electron chi connectivity index (χ0n) is 14.7. The van der Waals surface area contributed by atoms with Gasteiger partial charge in [-0.15, -0.1) is 0 Å². The number of hydrogen-bond donors (Lipinski definition) is 0. The van der Waals surface area contributed by atoms with E-state index < -0.39 is 14.6 Å². The minimum Gasteiger partial charge on any atom is -0.374 e. The number of ether oxygens (including phenoxy) is 1. The van der Waals surface area contributed by atoms with E-state index in [-0.39, 0.29) is 17.6 Å². The third kappa shape index (κ3) is 3.28. The van der Waals surface area contributed by atoms with Gasteiger partial charge in [-0.2, -0.15) is 0 Å². The standard InChI is InChI=1S/C19H27IO3S/c1-18(2,3)14-6-8-17(9-7-14)24(21,22)19-10-4-5-15(11-19)23-16(12-19)13-20/h6-9,15-16H,4-5,10-13H2,1-3H3/t15-,16?,19-/m0/s1. The van der Waals surface area contributed by atoms with Crippen LogP contribution in [0.15, 0.2) is 29.2 Å². The first-order chi connectivity index (χ1) is 11.2. The molecular weight excluding hydrogens is 435 g/mol. The normalized spacial score (nSPS) is 31.0. The molecule has 3 nitrogen and oxygen atoms in total. The molecule has 2 bridgehead atoms. The van der Waals surface area contributed by atoms with E-state index in [0.717, 1.165) is 29.3 Å². The number of hydrogen-bond acceptors (Lipinski definition) is 3. The summed E-state index contributed by atoms with van der Waals surface area (Å²) >= 11 is 2.31. The van der Waals surface area contributed by atoms with Crippen molar-refractivity contribution in [1.29, 1.82) is 0 Å². The third-order valence-electron chi connectivity index (χ3n) is 5.52. The Morgan fingerprint density at radius 3 is 2.46 bits per heavy atom. The molecule has 1 aliphatic heterocycles. The topological polar surface area (TPSA) is 43.4 Å². The summed E-state index contributed by atoms with van der Waals surface area (Å²) in [7, 11) is -3.34. The molecule has 1 saturated carbocycles. The molecule has 2 aliphatic rings. The van der Waals surface area contributed by atoms with E-state index in [9.17, 15) is 8.42 Å². The first-order valence-electron chi connectivity index (χ1n) is 8.75. The Bertz CT molecular complexity index is 690. The van der Waals surface area contributed by atoms with Crippen molar-refractivity contribution in [2.45, 2.75) is 80.1 Å². The minimum atomic E-state index is -3.34. The third-order valence-corrected chi connectivity index (χ3v) is 9.07. The highest BCUT2D eigenvalue weighted by Gasteiger charge is 2.52. The Morgan fingerprint density at radius 2 is 1.88 bits per heavy atom. The summed E-state index contributed by atoms with van der Waals surface area (Å²) in [6.45, 7) is 6.43. The van der Waals surface area contributed by atoms with Gasteiger partial charge in [0.2, 0.25) is 0 Å². The molecule has 3 atom stereocenters. The Balaban J connectivity index is 1.97. The van der Waals surface area contributed by atoms with E-state index in [1.807, 2.05) is 24.3 Å².